The number of hydrogen-bond acceptors (Lipinski definition) is 3. The molecule has 1 aromatic carbocycles. The number of H-pyrrole nitrogens is 1. The molecule has 1 unspecified atom stereocenters. The third kappa shape index (κ3) is 3.85. The molecule has 3 aromatic rings. The van der Waals surface area contributed by atoms with Crippen molar-refractivity contribution in [3.8, 4) is 11.1 Å². The summed E-state index contributed by atoms with van der Waals surface area (Å²) in [6.07, 6.45) is -0.227. The van der Waals surface area contributed by atoms with Crippen molar-refractivity contribution in [1.82, 2.24) is 14.9 Å². The van der Waals surface area contributed by atoms with Crippen molar-refractivity contribution >= 4 is 40.0 Å². The number of halogens is 5. The summed E-state index contributed by atoms with van der Waals surface area (Å²) in [4.78, 5) is 21.2. The number of hydrogen-bond donors (Lipinski definition) is 2. The summed E-state index contributed by atoms with van der Waals surface area (Å²) < 4.78 is 40.1. The van der Waals surface area contributed by atoms with Crippen LogP contribution in [0, 0.1) is 5.41 Å². The van der Waals surface area contributed by atoms with Gasteiger partial charge in [-0.2, -0.15) is 13.2 Å². The minimum Gasteiger partial charge on any atom is -0.357 e. The quantitative estimate of drug-likeness (QED) is 0.470. The van der Waals surface area contributed by atoms with Crippen LogP contribution in [-0.4, -0.2) is 39.9 Å². The molecule has 1 spiro atoms. The normalized spacial score (nSPS) is 21.3. The number of pyridine rings is 1. The van der Waals surface area contributed by atoms with Gasteiger partial charge in [-0.15, -0.1) is 0 Å². The summed E-state index contributed by atoms with van der Waals surface area (Å²) in [6, 6.07) is 3.66. The van der Waals surface area contributed by atoms with Gasteiger partial charge in [-0.1, -0.05) is 23.2 Å². The van der Waals surface area contributed by atoms with Gasteiger partial charge in [0.2, 0.25) is 5.91 Å². The second kappa shape index (κ2) is 8.14. The Morgan fingerprint density at radius 1 is 1.29 bits per heavy atom. The van der Waals surface area contributed by atoms with Gasteiger partial charge in [0, 0.05) is 30.4 Å². The largest absolute Gasteiger partial charge is 0.433 e. The highest BCUT2D eigenvalue weighted by Crippen LogP contribution is 2.49. The van der Waals surface area contributed by atoms with Crippen LogP contribution in [0.15, 0.2) is 24.4 Å². The Morgan fingerprint density at radius 2 is 2.06 bits per heavy atom. The summed E-state index contributed by atoms with van der Waals surface area (Å²) in [6.45, 7) is 2.95. The molecule has 1 aliphatic heterocycles. The zero-order chi connectivity index (χ0) is 24.4. The van der Waals surface area contributed by atoms with E-state index in [9.17, 15) is 18.0 Å². The average molecular weight is 511 g/mol. The first kappa shape index (κ1) is 23.5. The van der Waals surface area contributed by atoms with Gasteiger partial charge < -0.3 is 15.6 Å². The fourth-order valence-electron chi connectivity index (χ4n) is 5.44. The third-order valence-electron chi connectivity index (χ3n) is 7.12. The average Bonchev–Trinajstić information content (AvgIpc) is 3.37. The summed E-state index contributed by atoms with van der Waals surface area (Å²) in [5, 5.41) is 1.38. The Labute approximate surface area is 204 Å². The van der Waals surface area contributed by atoms with Gasteiger partial charge in [-0.25, -0.2) is 0 Å². The smallest absolute Gasteiger partial charge is 0.357 e. The number of likely N-dealkylation sites (tertiary alicyclic amines) is 1. The van der Waals surface area contributed by atoms with E-state index < -0.39 is 17.9 Å². The summed E-state index contributed by atoms with van der Waals surface area (Å²) in [5.74, 6) is -0.0615. The topological polar surface area (TPSA) is 75.0 Å². The molecule has 0 saturated carbocycles. The lowest BCUT2D eigenvalue weighted by molar-refractivity contribution is -0.141. The van der Waals surface area contributed by atoms with E-state index in [0.29, 0.717) is 41.2 Å². The molecule has 5 rings (SSSR count). The van der Waals surface area contributed by atoms with E-state index in [1.165, 1.54) is 0 Å². The monoisotopic (exact) mass is 510 g/mol. The maximum absolute atomic E-state index is 13.4. The molecule has 1 amide bonds. The summed E-state index contributed by atoms with van der Waals surface area (Å²) in [5.41, 5.74) is 8.34. The van der Waals surface area contributed by atoms with E-state index >= 15 is 0 Å². The Bertz CT molecular complexity index is 1300. The van der Waals surface area contributed by atoms with E-state index in [1.807, 2.05) is 4.90 Å². The van der Waals surface area contributed by atoms with Gasteiger partial charge >= 0.3 is 6.18 Å². The molecule has 1 saturated heterocycles. The third-order valence-corrected chi connectivity index (χ3v) is 7.91. The number of nitrogens with one attached hydrogen (secondary N) is 1. The number of rotatable bonds is 2. The highest BCUT2D eigenvalue weighted by molar-refractivity contribution is 6.45. The minimum atomic E-state index is -4.56. The minimum absolute atomic E-state index is 0.0615. The standard InChI is InChI=1S/C24H23Cl2F3N4O/c1-12(30)22(34)33-7-5-23(11-33)4-2-17-15(10-23)19-14(9-16(25)20(26)21(19)32-17)13-3-6-31-18(8-13)24(27,28)29/h3,6,8-9,12,32H,2,4-5,7,10-11,30H2,1H3/t12-,23?/m0/s1. The molecule has 5 nitrogen and oxygen atoms in total. The van der Waals surface area contributed by atoms with Crippen molar-refractivity contribution in [2.45, 2.75) is 44.8 Å². The number of benzene rings is 1. The maximum atomic E-state index is 13.4. The number of aromatic amines is 1. The predicted octanol–water partition coefficient (Wildman–Crippen LogP) is 5.61. The summed E-state index contributed by atoms with van der Waals surface area (Å²) in [7, 11) is 0. The molecule has 3 N–H and O–H groups in total. The lowest BCUT2D eigenvalue weighted by Gasteiger charge is -2.34. The fraction of sp³-hybridized carbons (Fsp3) is 0.417. The SMILES string of the molecule is C[C@H](N)C(=O)N1CCC2(CCc3[nH]c4c(Cl)c(Cl)cc(-c5ccnc(C(F)(F)F)c5)c4c3C2)C1. The van der Waals surface area contributed by atoms with E-state index in [-0.39, 0.29) is 16.3 Å². The first-order valence-corrected chi connectivity index (χ1v) is 11.8. The molecular weight excluding hydrogens is 488 g/mol. The number of nitrogens with zero attached hydrogens (tertiary/aromatic N) is 2. The molecular formula is C24H23Cl2F3N4O. The van der Waals surface area contributed by atoms with Crippen LogP contribution in [0.1, 0.15) is 36.7 Å². The second-order valence-electron chi connectivity index (χ2n) is 9.45. The van der Waals surface area contributed by atoms with Crippen LogP contribution in [0.3, 0.4) is 0 Å². The van der Waals surface area contributed by atoms with Crippen LogP contribution >= 0.6 is 23.2 Å². The number of alkyl halides is 3. The summed E-state index contributed by atoms with van der Waals surface area (Å²) >= 11 is 12.9. The van der Waals surface area contributed by atoms with E-state index in [0.717, 1.165) is 48.2 Å². The number of nitrogens with two attached hydrogens (primary N) is 1. The highest BCUT2D eigenvalue weighted by atomic mass is 35.5. The number of carbonyl (C=O) groups is 1. The lowest BCUT2D eigenvalue weighted by Crippen LogP contribution is -2.42. The lowest BCUT2D eigenvalue weighted by atomic mass is 9.72. The molecule has 2 aliphatic rings. The van der Waals surface area contributed by atoms with Crippen molar-refractivity contribution in [3.05, 3.63) is 51.4 Å². The molecule has 3 heterocycles. The van der Waals surface area contributed by atoms with Crippen LogP contribution in [0.5, 0.6) is 0 Å². The highest BCUT2D eigenvalue weighted by Gasteiger charge is 2.44. The molecule has 0 radical (unpaired) electrons. The predicted molar refractivity (Wildman–Crippen MR) is 126 cm³/mol. The van der Waals surface area contributed by atoms with Crippen LogP contribution in [0.25, 0.3) is 22.0 Å². The molecule has 2 aromatic heterocycles. The first-order valence-electron chi connectivity index (χ1n) is 11.1. The Morgan fingerprint density at radius 3 is 2.76 bits per heavy atom. The van der Waals surface area contributed by atoms with Crippen molar-refractivity contribution in [2.75, 3.05) is 13.1 Å². The van der Waals surface area contributed by atoms with Gasteiger partial charge in [0.25, 0.3) is 0 Å². The zero-order valence-electron chi connectivity index (χ0n) is 18.4. The molecule has 180 valence electrons. The van der Waals surface area contributed by atoms with Crippen molar-refractivity contribution in [1.29, 1.82) is 0 Å². The van der Waals surface area contributed by atoms with Crippen molar-refractivity contribution in [3.63, 3.8) is 0 Å². The number of amides is 1. The van der Waals surface area contributed by atoms with Gasteiger partial charge in [-0.05, 0) is 72.9 Å². The van der Waals surface area contributed by atoms with Crippen LogP contribution in [0.4, 0.5) is 13.2 Å². The van der Waals surface area contributed by atoms with Crippen LogP contribution in [-0.2, 0) is 23.8 Å². The number of fused-ring (bicyclic) bond motifs is 3. The molecule has 1 fully saturated rings. The van der Waals surface area contributed by atoms with Gasteiger partial charge in [-0.3, -0.25) is 9.78 Å². The number of aromatic nitrogens is 2. The Hall–Kier alpha value is -2.29. The van der Waals surface area contributed by atoms with E-state index in [2.05, 4.69) is 9.97 Å². The van der Waals surface area contributed by atoms with Gasteiger partial charge in [0.15, 0.2) is 0 Å². The molecule has 34 heavy (non-hydrogen) atoms. The molecule has 2 atom stereocenters. The molecule has 0 bridgehead atoms. The number of carbonyl (C=O) groups excluding carboxylic acids is 1. The second-order valence-corrected chi connectivity index (χ2v) is 10.2. The Kier molecular flexibility index (Phi) is 5.61. The van der Waals surface area contributed by atoms with Crippen molar-refractivity contribution in [2.24, 2.45) is 11.1 Å². The van der Waals surface area contributed by atoms with Crippen molar-refractivity contribution < 1.29 is 18.0 Å². The molecule has 1 aliphatic carbocycles. The maximum Gasteiger partial charge on any atom is 0.433 e. The van der Waals surface area contributed by atoms with Crippen LogP contribution in [0.2, 0.25) is 10.0 Å². The van der Waals surface area contributed by atoms with Gasteiger partial charge in [0.05, 0.1) is 21.6 Å². The zero-order valence-corrected chi connectivity index (χ0v) is 19.9. The Balaban J connectivity index is 1.63. The molecule has 10 heteroatoms. The van der Waals surface area contributed by atoms with Crippen LogP contribution < -0.4 is 5.73 Å². The number of aryl methyl sites for hydroxylation is 1. The first-order chi connectivity index (χ1) is 16.0. The van der Waals surface area contributed by atoms with Gasteiger partial charge in [0.1, 0.15) is 5.69 Å². The van der Waals surface area contributed by atoms with E-state index in [1.54, 1.807) is 19.1 Å². The fourth-order valence-corrected chi connectivity index (χ4v) is 5.84. The van der Waals surface area contributed by atoms with E-state index in [4.69, 9.17) is 28.9 Å².